The summed E-state index contributed by atoms with van der Waals surface area (Å²) < 4.78 is 0. The largest absolute Gasteiger partial charge is 0.396 e. The number of nitrogens with one attached hydrogen (secondary N) is 1. The van der Waals surface area contributed by atoms with Crippen LogP contribution in [-0.4, -0.2) is 23.7 Å². The fourth-order valence-electron chi connectivity index (χ4n) is 2.95. The van der Waals surface area contributed by atoms with Crippen molar-refractivity contribution in [3.8, 4) is 10.4 Å². The van der Waals surface area contributed by atoms with Crippen LogP contribution in [0.15, 0.2) is 30.3 Å². The van der Waals surface area contributed by atoms with Crippen LogP contribution in [0.1, 0.15) is 40.6 Å². The van der Waals surface area contributed by atoms with E-state index in [2.05, 4.69) is 29.6 Å². The molecular formula is C18H21NO2S. The number of carbonyl (C=O) groups is 1. The fraction of sp³-hybridized carbons (Fsp3) is 0.389. The highest BCUT2D eigenvalue weighted by Gasteiger charge is 2.21. The molecule has 2 aromatic rings. The predicted octanol–water partition coefficient (Wildman–Crippen LogP) is 3.40. The molecule has 2 N–H and O–H groups in total. The number of aliphatic hydroxyl groups excluding tert-OH is 1. The molecule has 0 fully saturated rings. The van der Waals surface area contributed by atoms with Gasteiger partial charge in [-0.25, -0.2) is 0 Å². The standard InChI is InChI=1S/C18H21NO2S/c1-12(5-4-10-20)19-18(21)16-11-14-9-8-13-6-2-3-7-15(13)17(14)22-16/h2-3,6-7,11-12,20H,4-5,8-10H2,1H3,(H,19,21). The van der Waals surface area contributed by atoms with E-state index in [4.69, 9.17) is 5.11 Å². The minimum Gasteiger partial charge on any atom is -0.396 e. The first-order chi connectivity index (χ1) is 10.7. The van der Waals surface area contributed by atoms with E-state index < -0.39 is 0 Å². The van der Waals surface area contributed by atoms with E-state index in [1.54, 1.807) is 11.3 Å². The van der Waals surface area contributed by atoms with Crippen molar-refractivity contribution in [3.63, 3.8) is 0 Å². The van der Waals surface area contributed by atoms with E-state index in [9.17, 15) is 4.79 Å². The van der Waals surface area contributed by atoms with Gasteiger partial charge >= 0.3 is 0 Å². The van der Waals surface area contributed by atoms with Crippen molar-refractivity contribution >= 4 is 17.2 Å². The van der Waals surface area contributed by atoms with Crippen molar-refractivity contribution in [2.24, 2.45) is 0 Å². The van der Waals surface area contributed by atoms with Crippen molar-refractivity contribution in [2.75, 3.05) is 6.61 Å². The van der Waals surface area contributed by atoms with Gasteiger partial charge in [-0.1, -0.05) is 24.3 Å². The number of thiophene rings is 1. The zero-order valence-corrected chi connectivity index (χ0v) is 13.6. The van der Waals surface area contributed by atoms with Gasteiger partial charge in [0.1, 0.15) is 0 Å². The highest BCUT2D eigenvalue weighted by atomic mass is 32.1. The molecular weight excluding hydrogens is 294 g/mol. The summed E-state index contributed by atoms with van der Waals surface area (Å²) in [5, 5.41) is 11.9. The van der Waals surface area contributed by atoms with Gasteiger partial charge in [-0.2, -0.15) is 0 Å². The van der Waals surface area contributed by atoms with E-state index in [0.29, 0.717) is 0 Å². The lowest BCUT2D eigenvalue weighted by Crippen LogP contribution is -2.32. The highest BCUT2D eigenvalue weighted by Crippen LogP contribution is 2.39. The number of hydrogen-bond acceptors (Lipinski definition) is 3. The maximum Gasteiger partial charge on any atom is 0.261 e. The van der Waals surface area contributed by atoms with Crippen molar-refractivity contribution in [1.82, 2.24) is 5.32 Å². The zero-order valence-electron chi connectivity index (χ0n) is 12.8. The van der Waals surface area contributed by atoms with Crippen LogP contribution in [0.25, 0.3) is 10.4 Å². The number of rotatable bonds is 5. The van der Waals surface area contributed by atoms with Gasteiger partial charge < -0.3 is 10.4 Å². The Labute approximate surface area is 135 Å². The maximum atomic E-state index is 12.4. The number of aliphatic hydroxyl groups is 1. The average Bonchev–Trinajstić information content (AvgIpc) is 2.97. The molecule has 1 unspecified atom stereocenters. The van der Waals surface area contributed by atoms with Gasteiger partial charge in [0.25, 0.3) is 5.91 Å². The fourth-order valence-corrected chi connectivity index (χ4v) is 4.12. The second-order valence-corrected chi connectivity index (χ2v) is 6.91. The molecule has 3 nitrogen and oxygen atoms in total. The lowest BCUT2D eigenvalue weighted by Gasteiger charge is -2.15. The number of carbonyl (C=O) groups excluding carboxylic acids is 1. The van der Waals surface area contributed by atoms with Gasteiger partial charge in [-0.15, -0.1) is 11.3 Å². The lowest BCUT2D eigenvalue weighted by molar-refractivity contribution is 0.0940. The second kappa shape index (κ2) is 6.63. The molecule has 1 aromatic heterocycles. The molecule has 4 heteroatoms. The molecule has 1 amide bonds. The van der Waals surface area contributed by atoms with Crippen LogP contribution >= 0.6 is 11.3 Å². The van der Waals surface area contributed by atoms with E-state index in [0.717, 1.165) is 30.6 Å². The van der Waals surface area contributed by atoms with E-state index >= 15 is 0 Å². The SMILES string of the molecule is CC(CCCO)NC(=O)c1cc2c(s1)-c1ccccc1CC2. The first kappa shape index (κ1) is 15.3. The quantitative estimate of drug-likeness (QED) is 0.888. The van der Waals surface area contributed by atoms with Gasteiger partial charge in [-0.3, -0.25) is 4.79 Å². The number of hydrogen-bond donors (Lipinski definition) is 2. The monoisotopic (exact) mass is 315 g/mol. The molecule has 3 rings (SSSR count). The molecule has 0 radical (unpaired) electrons. The molecule has 1 aliphatic carbocycles. The summed E-state index contributed by atoms with van der Waals surface area (Å²) in [5.41, 5.74) is 3.94. The van der Waals surface area contributed by atoms with Gasteiger partial charge in [0, 0.05) is 17.5 Å². The van der Waals surface area contributed by atoms with Crippen LogP contribution in [0.5, 0.6) is 0 Å². The molecule has 1 heterocycles. The van der Waals surface area contributed by atoms with Crippen LogP contribution in [0, 0.1) is 0 Å². The third kappa shape index (κ3) is 3.08. The summed E-state index contributed by atoms with van der Waals surface area (Å²) in [4.78, 5) is 14.4. The van der Waals surface area contributed by atoms with Gasteiger partial charge in [0.2, 0.25) is 0 Å². The number of benzene rings is 1. The Kier molecular flexibility index (Phi) is 4.60. The van der Waals surface area contributed by atoms with Crippen LogP contribution in [-0.2, 0) is 12.8 Å². The van der Waals surface area contributed by atoms with Crippen molar-refractivity contribution in [2.45, 2.75) is 38.6 Å². The Morgan fingerprint density at radius 1 is 1.32 bits per heavy atom. The molecule has 0 bridgehead atoms. The van der Waals surface area contributed by atoms with Crippen molar-refractivity contribution < 1.29 is 9.90 Å². The Hall–Kier alpha value is -1.65. The molecule has 116 valence electrons. The van der Waals surface area contributed by atoms with E-state index in [1.807, 2.05) is 13.0 Å². The normalized spacial score (nSPS) is 14.1. The topological polar surface area (TPSA) is 49.3 Å². The summed E-state index contributed by atoms with van der Waals surface area (Å²) in [5.74, 6) is 0.00215. The minimum atomic E-state index is 0.00215. The highest BCUT2D eigenvalue weighted by molar-refractivity contribution is 7.17. The third-order valence-corrected chi connectivity index (χ3v) is 5.34. The van der Waals surface area contributed by atoms with Crippen LogP contribution < -0.4 is 5.32 Å². The molecule has 1 aromatic carbocycles. The molecule has 1 aliphatic rings. The molecule has 0 saturated heterocycles. The Bertz CT molecular complexity index is 677. The summed E-state index contributed by atoms with van der Waals surface area (Å²) in [6.07, 6.45) is 3.58. The molecule has 1 atom stereocenters. The van der Waals surface area contributed by atoms with Crippen LogP contribution in [0.4, 0.5) is 0 Å². The zero-order chi connectivity index (χ0) is 15.5. The van der Waals surface area contributed by atoms with E-state index in [-0.39, 0.29) is 18.6 Å². The average molecular weight is 315 g/mol. The van der Waals surface area contributed by atoms with Crippen LogP contribution in [0.2, 0.25) is 0 Å². The lowest BCUT2D eigenvalue weighted by atomic mass is 9.91. The Balaban J connectivity index is 1.78. The van der Waals surface area contributed by atoms with Gasteiger partial charge in [0.15, 0.2) is 0 Å². The van der Waals surface area contributed by atoms with Crippen molar-refractivity contribution in [1.29, 1.82) is 0 Å². The van der Waals surface area contributed by atoms with Crippen LogP contribution in [0.3, 0.4) is 0 Å². The summed E-state index contributed by atoms with van der Waals surface area (Å²) >= 11 is 1.59. The smallest absolute Gasteiger partial charge is 0.261 e. The van der Waals surface area contributed by atoms with Gasteiger partial charge in [0.05, 0.1) is 4.88 Å². The minimum absolute atomic E-state index is 0.00215. The summed E-state index contributed by atoms with van der Waals surface area (Å²) in [6.45, 7) is 2.15. The first-order valence-electron chi connectivity index (χ1n) is 7.81. The Morgan fingerprint density at radius 3 is 2.91 bits per heavy atom. The van der Waals surface area contributed by atoms with E-state index in [1.165, 1.54) is 21.6 Å². The molecule has 0 spiro atoms. The number of aryl methyl sites for hydroxylation is 2. The Morgan fingerprint density at radius 2 is 2.09 bits per heavy atom. The summed E-state index contributed by atoms with van der Waals surface area (Å²) in [6, 6.07) is 10.6. The third-order valence-electron chi connectivity index (χ3n) is 4.13. The number of amides is 1. The first-order valence-corrected chi connectivity index (χ1v) is 8.63. The second-order valence-electron chi connectivity index (χ2n) is 5.86. The van der Waals surface area contributed by atoms with Crippen molar-refractivity contribution in [3.05, 3.63) is 46.3 Å². The maximum absolute atomic E-state index is 12.4. The summed E-state index contributed by atoms with van der Waals surface area (Å²) in [7, 11) is 0. The molecule has 0 saturated carbocycles. The molecule has 22 heavy (non-hydrogen) atoms. The number of fused-ring (bicyclic) bond motifs is 3. The predicted molar refractivity (Wildman–Crippen MR) is 90.4 cm³/mol. The molecule has 0 aliphatic heterocycles. The van der Waals surface area contributed by atoms with Gasteiger partial charge in [-0.05, 0) is 55.4 Å².